The van der Waals surface area contributed by atoms with Crippen molar-refractivity contribution >= 4 is 48.3 Å². The highest BCUT2D eigenvalue weighted by Gasteiger charge is 2.32. The summed E-state index contributed by atoms with van der Waals surface area (Å²) in [6, 6.07) is 4.23. The van der Waals surface area contributed by atoms with Crippen LogP contribution in [-0.2, 0) is 0 Å². The van der Waals surface area contributed by atoms with E-state index in [-0.39, 0.29) is 14.5 Å². The predicted octanol–water partition coefficient (Wildman–Crippen LogP) is 2.60. The Bertz CT molecular complexity index is 695. The maximum atomic E-state index is 6.14. The largest absolute Gasteiger partial charge is 0.0902 e. The first-order valence-corrected chi connectivity index (χ1v) is 7.93. The Labute approximate surface area is 116 Å². The Kier molecular flexibility index (Phi) is 2.58. The van der Waals surface area contributed by atoms with E-state index in [1.807, 2.05) is 0 Å². The molecule has 0 nitrogen and oxygen atoms in total. The van der Waals surface area contributed by atoms with E-state index in [4.69, 9.17) is 11.6 Å². The van der Waals surface area contributed by atoms with Crippen LogP contribution in [0.3, 0.4) is 0 Å². The van der Waals surface area contributed by atoms with Crippen molar-refractivity contribution < 1.29 is 0 Å². The fourth-order valence-electron chi connectivity index (χ4n) is 2.60. The molecule has 86 valence electrons. The molecule has 0 fully saturated rings. The first-order valence-electron chi connectivity index (χ1n) is 5.60. The van der Waals surface area contributed by atoms with Crippen molar-refractivity contribution in [3.63, 3.8) is 0 Å². The zero-order valence-electron chi connectivity index (χ0n) is 9.72. The second-order valence-electron chi connectivity index (χ2n) is 5.01. The summed E-state index contributed by atoms with van der Waals surface area (Å²) in [6.45, 7) is 4.53. The van der Waals surface area contributed by atoms with E-state index in [2.05, 4.69) is 60.1 Å². The molecule has 1 heterocycles. The average Bonchev–Trinajstić information content (AvgIpc) is 2.62. The van der Waals surface area contributed by atoms with Crippen LogP contribution in [0.2, 0.25) is 4.63 Å². The number of hydrogen-bond donors (Lipinski definition) is 0. The van der Waals surface area contributed by atoms with Gasteiger partial charge in [-0.3, -0.25) is 0 Å². The van der Waals surface area contributed by atoms with Crippen molar-refractivity contribution in [2.75, 3.05) is 0 Å². The second kappa shape index (κ2) is 3.77. The van der Waals surface area contributed by atoms with Gasteiger partial charge in [0.1, 0.15) is 0 Å². The van der Waals surface area contributed by atoms with Gasteiger partial charge in [-0.2, -0.15) is 0 Å². The molecule has 0 N–H and O–H groups in total. The summed E-state index contributed by atoms with van der Waals surface area (Å²) < 4.78 is 2.25. The Balaban J connectivity index is 2.43. The molecular weight excluding hydrogens is 312 g/mol. The quantitative estimate of drug-likeness (QED) is 0.644. The highest BCUT2D eigenvalue weighted by molar-refractivity contribution is 9.11. The van der Waals surface area contributed by atoms with Crippen LogP contribution in [0.5, 0.6) is 0 Å². The van der Waals surface area contributed by atoms with Gasteiger partial charge in [0.15, 0.2) is 0 Å². The van der Waals surface area contributed by atoms with Gasteiger partial charge in [-0.05, 0) is 27.3 Å². The van der Waals surface area contributed by atoms with E-state index < -0.39 is 0 Å². The first kappa shape index (κ1) is 11.6. The fraction of sp³-hybridized carbons (Fsp3) is 0.214. The van der Waals surface area contributed by atoms with Crippen molar-refractivity contribution in [1.29, 1.82) is 0 Å². The van der Waals surface area contributed by atoms with Crippen molar-refractivity contribution in [2.24, 2.45) is 5.41 Å². The molecule has 1 aromatic rings. The van der Waals surface area contributed by atoms with E-state index in [0.717, 1.165) is 4.63 Å². The van der Waals surface area contributed by atoms with Crippen LogP contribution in [0.4, 0.5) is 0 Å². The zero-order valence-corrected chi connectivity index (χ0v) is 13.2. The maximum Gasteiger partial charge on any atom is 0.0542 e. The van der Waals surface area contributed by atoms with Gasteiger partial charge in [0.25, 0.3) is 0 Å². The smallest absolute Gasteiger partial charge is 0.0542 e. The van der Waals surface area contributed by atoms with Crippen LogP contribution in [0.25, 0.3) is 11.6 Å². The third-order valence-corrected chi connectivity index (χ3v) is 6.48. The van der Waals surface area contributed by atoms with Crippen molar-refractivity contribution in [2.45, 2.75) is 13.8 Å². The molecule has 0 unspecified atom stereocenters. The van der Waals surface area contributed by atoms with E-state index in [1.54, 1.807) is 0 Å². The molecule has 0 aromatic carbocycles. The molecular formula is C14H12BrClSi. The number of allylic oxidation sites excluding steroid dienone is 4. The highest BCUT2D eigenvalue weighted by atomic mass is 79.9. The molecule has 0 aliphatic heterocycles. The molecule has 0 bridgehead atoms. The van der Waals surface area contributed by atoms with E-state index in [1.165, 1.54) is 25.7 Å². The molecule has 0 spiro atoms. The van der Waals surface area contributed by atoms with Crippen LogP contribution in [0.15, 0.2) is 34.3 Å². The minimum absolute atomic E-state index is 0.0608. The van der Waals surface area contributed by atoms with Gasteiger partial charge in [0.05, 0.1) is 9.12 Å². The normalized spacial score (nSPS) is 20.1. The van der Waals surface area contributed by atoms with Gasteiger partial charge in [0.2, 0.25) is 0 Å². The summed E-state index contributed by atoms with van der Waals surface area (Å²) in [5, 5.41) is 1.39. The van der Waals surface area contributed by atoms with Gasteiger partial charge in [-0.15, -0.1) is 0 Å². The van der Waals surface area contributed by atoms with Gasteiger partial charge in [-0.25, -0.2) is 0 Å². The molecule has 0 radical (unpaired) electrons. The molecule has 0 atom stereocenters. The second-order valence-corrected chi connectivity index (χ2v) is 8.20. The third kappa shape index (κ3) is 1.66. The van der Waals surface area contributed by atoms with Crippen LogP contribution >= 0.6 is 27.5 Å². The van der Waals surface area contributed by atoms with Crippen molar-refractivity contribution in [1.82, 2.24) is 0 Å². The van der Waals surface area contributed by atoms with Crippen molar-refractivity contribution in [3.05, 3.63) is 49.0 Å². The van der Waals surface area contributed by atoms with Gasteiger partial charge < -0.3 is 0 Å². The predicted molar refractivity (Wildman–Crippen MR) is 80.2 cm³/mol. The topological polar surface area (TPSA) is 0 Å². The van der Waals surface area contributed by atoms with Gasteiger partial charge in [0, 0.05) is 14.5 Å². The van der Waals surface area contributed by atoms with Gasteiger partial charge in [-0.1, -0.05) is 65.7 Å². The molecule has 2 aliphatic rings. The van der Waals surface area contributed by atoms with Crippen LogP contribution in [-0.4, -0.2) is 9.12 Å². The molecule has 0 saturated carbocycles. The first-order chi connectivity index (χ1) is 8.00. The molecule has 3 rings (SSSR count). The number of fused-ring (bicyclic) bond motifs is 2. The van der Waals surface area contributed by atoms with Crippen LogP contribution < -0.4 is 10.0 Å². The monoisotopic (exact) mass is 322 g/mol. The minimum Gasteiger partial charge on any atom is -0.0902 e. The number of hydrogen-bond acceptors (Lipinski definition) is 0. The Morgan fingerprint density at radius 1 is 1.24 bits per heavy atom. The summed E-state index contributed by atoms with van der Waals surface area (Å²) in [4.78, 5) is 1.43. The molecule has 1 aromatic heterocycles. The molecule has 0 amide bonds. The van der Waals surface area contributed by atoms with Crippen LogP contribution in [0, 0.1) is 5.41 Å². The van der Waals surface area contributed by atoms with Crippen molar-refractivity contribution in [3.8, 4) is 0 Å². The molecule has 17 heavy (non-hydrogen) atoms. The Morgan fingerprint density at radius 3 is 2.76 bits per heavy atom. The maximum absolute atomic E-state index is 6.14. The molecule has 3 heteroatoms. The Morgan fingerprint density at radius 2 is 2.00 bits per heavy atom. The van der Waals surface area contributed by atoms with E-state index in [0.29, 0.717) is 0 Å². The summed E-state index contributed by atoms with van der Waals surface area (Å²) in [5.74, 6) is 0. The van der Waals surface area contributed by atoms with Crippen LogP contribution in [0.1, 0.15) is 13.8 Å². The third-order valence-electron chi connectivity index (χ3n) is 3.51. The zero-order chi connectivity index (χ0) is 12.2. The lowest BCUT2D eigenvalue weighted by Crippen LogP contribution is -2.31. The lowest BCUT2D eigenvalue weighted by atomic mass is 9.77. The fourth-order valence-corrected chi connectivity index (χ4v) is 4.49. The highest BCUT2D eigenvalue weighted by Crippen LogP contribution is 2.45. The number of halogens is 2. The summed E-state index contributed by atoms with van der Waals surface area (Å²) >= 11 is 9.83. The lowest BCUT2D eigenvalue weighted by Gasteiger charge is -2.30. The summed E-state index contributed by atoms with van der Waals surface area (Å²) in [5.41, 5.74) is 2.85. The summed E-state index contributed by atoms with van der Waals surface area (Å²) in [6.07, 6.45) is 6.67. The Hall–Kier alpha value is -0.443. The lowest BCUT2D eigenvalue weighted by molar-refractivity contribution is 0.635. The summed E-state index contributed by atoms with van der Waals surface area (Å²) in [7, 11) is 0.0819. The molecule has 0 saturated heterocycles. The average molecular weight is 324 g/mol. The standard InChI is InChI=1S/C14H12BrClSi/c1-14(2)11(15)5-3-8-7-10-9(13(8)14)4-6-12(16)17-10/h3-7,17H,1-2H3. The SMILES string of the molecule is CC1(C)C(Br)=CC=C2C=c3[siH]c(Cl)ccc3=C21. The van der Waals surface area contributed by atoms with E-state index >= 15 is 0 Å². The van der Waals surface area contributed by atoms with Gasteiger partial charge >= 0.3 is 0 Å². The molecule has 2 aliphatic carbocycles. The van der Waals surface area contributed by atoms with E-state index in [9.17, 15) is 0 Å². The number of rotatable bonds is 0. The minimum atomic E-state index is 0.0608.